The summed E-state index contributed by atoms with van der Waals surface area (Å²) in [7, 11) is 0. The van der Waals surface area contributed by atoms with Crippen LogP contribution >= 0.6 is 0 Å². The van der Waals surface area contributed by atoms with E-state index in [0.29, 0.717) is 12.0 Å². The first-order chi connectivity index (χ1) is 7.78. The van der Waals surface area contributed by atoms with Crippen molar-refractivity contribution in [1.29, 1.82) is 0 Å². The van der Waals surface area contributed by atoms with Gasteiger partial charge in [-0.05, 0) is 36.8 Å². The van der Waals surface area contributed by atoms with Crippen LogP contribution in [0.25, 0.3) is 0 Å². The van der Waals surface area contributed by atoms with E-state index in [4.69, 9.17) is 5.11 Å². The Morgan fingerprint density at radius 1 is 1.41 bits per heavy atom. The fourth-order valence-corrected chi connectivity index (χ4v) is 3.02. The predicted octanol–water partition coefficient (Wildman–Crippen LogP) is 1.60. The Balaban J connectivity index is 2.42. The third kappa shape index (κ3) is 1.98. The van der Waals surface area contributed by atoms with Gasteiger partial charge >= 0.3 is 0 Å². The summed E-state index contributed by atoms with van der Waals surface area (Å²) in [5.74, 6) is -0.132. The van der Waals surface area contributed by atoms with Crippen LogP contribution in [-0.2, 0) is 4.79 Å². The second-order valence-electron chi connectivity index (χ2n) is 6.00. The molecule has 17 heavy (non-hydrogen) atoms. The Bertz CT molecular complexity index is 413. The summed E-state index contributed by atoms with van der Waals surface area (Å²) in [5, 5.41) is 19.6. The zero-order chi connectivity index (χ0) is 12.8. The fraction of sp³-hybridized carbons (Fsp3) is 0.643. The molecule has 2 atom stereocenters. The normalized spacial score (nSPS) is 35.4. The monoisotopic (exact) mass is 236 g/mol. The van der Waals surface area contributed by atoms with E-state index >= 15 is 0 Å². The molecule has 2 rings (SSSR count). The van der Waals surface area contributed by atoms with Crippen molar-refractivity contribution in [2.24, 2.45) is 11.3 Å². The number of carbonyl (C=O) groups excluding carboxylic acids is 1. The van der Waals surface area contributed by atoms with Crippen molar-refractivity contribution < 1.29 is 15.0 Å². The van der Waals surface area contributed by atoms with E-state index < -0.39 is 5.60 Å². The van der Waals surface area contributed by atoms with Crippen LogP contribution in [0.5, 0.6) is 0 Å². The topological polar surface area (TPSA) is 57.5 Å². The highest BCUT2D eigenvalue weighted by Crippen LogP contribution is 2.49. The van der Waals surface area contributed by atoms with E-state index in [-0.39, 0.29) is 23.7 Å². The molecule has 2 aliphatic carbocycles. The number of carbonyl (C=O) groups is 1. The van der Waals surface area contributed by atoms with Crippen LogP contribution in [0.1, 0.15) is 33.6 Å². The summed E-state index contributed by atoms with van der Waals surface area (Å²) in [4.78, 5) is 12.0. The van der Waals surface area contributed by atoms with E-state index in [1.165, 1.54) is 6.08 Å². The molecule has 0 radical (unpaired) electrons. The molecular weight excluding hydrogens is 216 g/mol. The maximum Gasteiger partial charge on any atom is 0.181 e. The zero-order valence-corrected chi connectivity index (χ0v) is 10.7. The minimum absolute atomic E-state index is 0.00412. The lowest BCUT2D eigenvalue weighted by Crippen LogP contribution is -2.42. The SMILES string of the molecule is CC1(C)C=C2C(=O)C=C(CCO)[C@@](C)(O)[C@@H]2C1. The molecule has 0 heterocycles. The van der Waals surface area contributed by atoms with Gasteiger partial charge in [-0.1, -0.05) is 19.9 Å². The molecule has 0 unspecified atom stereocenters. The lowest BCUT2D eigenvalue weighted by atomic mass is 9.71. The Hall–Kier alpha value is -0.930. The molecule has 2 N–H and O–H groups in total. The Kier molecular flexibility index (Phi) is 2.79. The van der Waals surface area contributed by atoms with Gasteiger partial charge in [-0.15, -0.1) is 0 Å². The molecule has 0 saturated carbocycles. The van der Waals surface area contributed by atoms with Crippen LogP contribution in [0, 0.1) is 11.3 Å². The molecule has 0 aromatic carbocycles. The smallest absolute Gasteiger partial charge is 0.181 e. The molecule has 0 aliphatic heterocycles. The van der Waals surface area contributed by atoms with E-state index in [2.05, 4.69) is 13.8 Å². The number of hydrogen-bond acceptors (Lipinski definition) is 3. The van der Waals surface area contributed by atoms with Crippen molar-refractivity contribution in [2.45, 2.75) is 39.2 Å². The molecule has 0 amide bonds. The summed E-state index contributed by atoms with van der Waals surface area (Å²) in [6.45, 7) is 5.87. The molecule has 0 aromatic heterocycles. The first-order valence-corrected chi connectivity index (χ1v) is 6.09. The highest BCUT2D eigenvalue weighted by molar-refractivity contribution is 6.07. The average Bonchev–Trinajstić information content (AvgIpc) is 2.53. The van der Waals surface area contributed by atoms with Crippen LogP contribution in [0.4, 0.5) is 0 Å². The van der Waals surface area contributed by atoms with Crippen LogP contribution in [0.15, 0.2) is 23.3 Å². The molecule has 3 nitrogen and oxygen atoms in total. The number of rotatable bonds is 2. The first kappa shape index (κ1) is 12.5. The number of fused-ring (bicyclic) bond motifs is 1. The summed E-state index contributed by atoms with van der Waals surface area (Å²) in [6.07, 6.45) is 4.63. The molecule has 0 aromatic rings. The van der Waals surface area contributed by atoms with Gasteiger partial charge in [0.05, 0.1) is 5.60 Å². The Morgan fingerprint density at radius 3 is 2.65 bits per heavy atom. The molecule has 94 valence electrons. The molecule has 0 spiro atoms. The van der Waals surface area contributed by atoms with Crippen LogP contribution < -0.4 is 0 Å². The van der Waals surface area contributed by atoms with Crippen LogP contribution in [-0.4, -0.2) is 28.2 Å². The molecule has 3 heteroatoms. The van der Waals surface area contributed by atoms with Crippen LogP contribution in [0.2, 0.25) is 0 Å². The third-order valence-corrected chi connectivity index (χ3v) is 3.95. The minimum Gasteiger partial charge on any atom is -0.396 e. The average molecular weight is 236 g/mol. The van der Waals surface area contributed by atoms with E-state index in [0.717, 1.165) is 12.0 Å². The summed E-state index contributed by atoms with van der Waals surface area (Å²) < 4.78 is 0. The fourth-order valence-electron chi connectivity index (χ4n) is 3.02. The second-order valence-corrected chi connectivity index (χ2v) is 6.00. The Morgan fingerprint density at radius 2 is 2.06 bits per heavy atom. The quantitative estimate of drug-likeness (QED) is 0.765. The Labute approximate surface area is 102 Å². The van der Waals surface area contributed by atoms with E-state index in [9.17, 15) is 9.90 Å². The maximum atomic E-state index is 12.0. The van der Waals surface area contributed by atoms with Gasteiger partial charge in [0.25, 0.3) is 0 Å². The summed E-state index contributed by atoms with van der Waals surface area (Å²) in [6, 6.07) is 0. The van der Waals surface area contributed by atoms with Crippen LogP contribution in [0.3, 0.4) is 0 Å². The standard InChI is InChI=1S/C14H20O3/c1-13(2)7-10-11(8-13)14(3,17)9(4-5-15)6-12(10)16/h6-7,11,15,17H,4-5,8H2,1-3H3/t11-,14-/m1/s1. The van der Waals surface area contributed by atoms with Crippen molar-refractivity contribution in [3.8, 4) is 0 Å². The van der Waals surface area contributed by atoms with E-state index in [1.807, 2.05) is 6.08 Å². The molecule has 0 fully saturated rings. The zero-order valence-electron chi connectivity index (χ0n) is 10.7. The van der Waals surface area contributed by atoms with Gasteiger partial charge < -0.3 is 10.2 Å². The van der Waals surface area contributed by atoms with Gasteiger partial charge in [0.2, 0.25) is 0 Å². The van der Waals surface area contributed by atoms with Gasteiger partial charge in [0.15, 0.2) is 5.78 Å². The number of ketones is 1. The highest BCUT2D eigenvalue weighted by atomic mass is 16.3. The van der Waals surface area contributed by atoms with Gasteiger partial charge in [-0.3, -0.25) is 4.79 Å². The third-order valence-electron chi connectivity index (χ3n) is 3.95. The van der Waals surface area contributed by atoms with Gasteiger partial charge in [0, 0.05) is 18.1 Å². The van der Waals surface area contributed by atoms with E-state index in [1.54, 1.807) is 6.92 Å². The molecule has 2 aliphatic rings. The molecule has 0 saturated heterocycles. The molecule has 0 bridgehead atoms. The maximum absolute atomic E-state index is 12.0. The largest absolute Gasteiger partial charge is 0.396 e. The van der Waals surface area contributed by atoms with Gasteiger partial charge in [0.1, 0.15) is 0 Å². The van der Waals surface area contributed by atoms with Crippen molar-refractivity contribution in [2.75, 3.05) is 6.61 Å². The second kappa shape index (κ2) is 3.79. The number of aliphatic hydroxyl groups is 2. The number of aliphatic hydroxyl groups excluding tert-OH is 1. The van der Waals surface area contributed by atoms with Gasteiger partial charge in [-0.2, -0.15) is 0 Å². The van der Waals surface area contributed by atoms with Gasteiger partial charge in [-0.25, -0.2) is 0 Å². The van der Waals surface area contributed by atoms with Crippen molar-refractivity contribution >= 4 is 5.78 Å². The lowest BCUT2D eigenvalue weighted by Gasteiger charge is -2.38. The minimum atomic E-state index is -1.00. The number of allylic oxidation sites excluding steroid dienone is 2. The van der Waals surface area contributed by atoms with Crippen molar-refractivity contribution in [3.63, 3.8) is 0 Å². The van der Waals surface area contributed by atoms with Crippen molar-refractivity contribution in [3.05, 3.63) is 23.3 Å². The molecular formula is C14H20O3. The first-order valence-electron chi connectivity index (χ1n) is 6.09. The lowest BCUT2D eigenvalue weighted by molar-refractivity contribution is -0.113. The van der Waals surface area contributed by atoms with Crippen molar-refractivity contribution in [1.82, 2.24) is 0 Å². The summed E-state index contributed by atoms with van der Waals surface area (Å²) in [5.41, 5.74) is 0.352. The predicted molar refractivity (Wildman–Crippen MR) is 65.4 cm³/mol. The summed E-state index contributed by atoms with van der Waals surface area (Å²) >= 11 is 0. The highest BCUT2D eigenvalue weighted by Gasteiger charge is 2.48. The number of hydrogen-bond donors (Lipinski definition) is 2.